The molecule has 0 spiro atoms. The fraction of sp³-hybridized carbons (Fsp3) is 0.556. The topological polar surface area (TPSA) is 116 Å². The van der Waals surface area contributed by atoms with Crippen molar-refractivity contribution in [2.45, 2.75) is 22.0 Å². The maximum absolute atomic E-state index is 11.7. The first-order chi connectivity index (χ1) is 8.45. The number of aliphatic hydroxyl groups is 3. The van der Waals surface area contributed by atoms with Crippen LogP contribution in [0, 0.1) is 0 Å². The van der Waals surface area contributed by atoms with Crippen molar-refractivity contribution in [2.75, 3.05) is 6.61 Å². The number of hydrogen-bond acceptors (Lipinski definition) is 5. The second-order valence-corrected chi connectivity index (χ2v) is 7.58. The zero-order valence-electron chi connectivity index (χ0n) is 8.99. The van der Waals surface area contributed by atoms with Crippen LogP contribution < -0.4 is 11.2 Å². The molecular weight excluding hydrogens is 375 g/mol. The van der Waals surface area contributed by atoms with Gasteiger partial charge in [-0.25, -0.2) is 0 Å². The van der Waals surface area contributed by atoms with Crippen molar-refractivity contribution < 1.29 is 15.3 Å². The fourth-order valence-electron chi connectivity index (χ4n) is 1.76. The predicted octanol–water partition coefficient (Wildman–Crippen LogP) is -1.98. The molecule has 2 heterocycles. The first-order valence-corrected chi connectivity index (χ1v) is 7.86. The van der Waals surface area contributed by atoms with Crippen LogP contribution in [0.1, 0.15) is 4.94 Å². The van der Waals surface area contributed by atoms with E-state index in [1.165, 1.54) is 10.8 Å². The molecule has 1 aliphatic rings. The molecule has 0 bridgehead atoms. The van der Waals surface area contributed by atoms with Gasteiger partial charge in [0.25, 0.3) is 0 Å². The Morgan fingerprint density at radius 3 is 2.61 bits per heavy atom. The number of nitrogens with zero attached hydrogens (tertiary/aromatic N) is 1. The molecule has 1 aliphatic heterocycles. The van der Waals surface area contributed by atoms with E-state index in [2.05, 4.69) is 20.9 Å². The molecule has 1 aromatic rings. The molecule has 1 fully saturated rings. The van der Waals surface area contributed by atoms with Gasteiger partial charge in [0.15, 0.2) is 0 Å². The number of nitrogens with one attached hydrogen (secondary N) is 1. The van der Waals surface area contributed by atoms with E-state index in [9.17, 15) is 19.8 Å². The third-order valence-corrected chi connectivity index (χ3v) is 6.56. The average Bonchev–Trinajstić information content (AvgIpc) is 2.61. The first kappa shape index (κ1) is 14.0. The third kappa shape index (κ3) is 2.34. The zero-order valence-corrected chi connectivity index (χ0v) is 12.3. The Balaban J connectivity index is 2.42. The molecule has 0 radical (unpaired) electrons. The second-order valence-electron chi connectivity index (χ2n) is 3.87. The van der Waals surface area contributed by atoms with E-state index >= 15 is 0 Å². The van der Waals surface area contributed by atoms with Gasteiger partial charge in [-0.05, 0) is 0 Å². The van der Waals surface area contributed by atoms with Crippen LogP contribution >= 0.6 is 15.9 Å². The van der Waals surface area contributed by atoms with E-state index < -0.39 is 33.2 Å². The Labute approximate surface area is 116 Å². The molecule has 4 N–H and O–H groups in total. The van der Waals surface area contributed by atoms with Gasteiger partial charge in [-0.15, -0.1) is 0 Å². The number of hydrogen-bond donors (Lipinski definition) is 4. The normalized spacial score (nSPS) is 31.8. The van der Waals surface area contributed by atoms with Gasteiger partial charge in [0, 0.05) is 0 Å². The number of aliphatic hydroxyl groups excluding tert-OH is 3. The number of halogens is 1. The summed E-state index contributed by atoms with van der Waals surface area (Å²) in [6.45, 7) is -0.242. The van der Waals surface area contributed by atoms with Crippen molar-refractivity contribution in [1.82, 2.24) is 9.55 Å². The number of H-pyrrole nitrogens is 1. The van der Waals surface area contributed by atoms with Crippen molar-refractivity contribution in [3.05, 3.63) is 31.5 Å². The Bertz CT molecular complexity index is 559. The molecule has 2 rings (SSSR count). The first-order valence-electron chi connectivity index (χ1n) is 5.09. The van der Waals surface area contributed by atoms with E-state index in [0.29, 0.717) is 0 Å². The summed E-state index contributed by atoms with van der Waals surface area (Å²) in [6.07, 6.45) is -0.890. The van der Waals surface area contributed by atoms with Crippen LogP contribution in [0.25, 0.3) is 0 Å². The predicted molar refractivity (Wildman–Crippen MR) is 66.7 cm³/mol. The molecule has 1 aromatic heterocycles. The standard InChI is InChI=1S/C9H11BrN2O5Se/c10-3-1-12(9(17)11-7(3)16)8-6(15)5(14)4(2-13)18-8/h1,4-6,8,13-15H,2H2,(H,11,16,17)/t4-,5-,6+,8?/m1/s1. The van der Waals surface area contributed by atoms with Crippen molar-refractivity contribution in [3.63, 3.8) is 0 Å². The van der Waals surface area contributed by atoms with E-state index in [1.807, 2.05) is 0 Å². The summed E-state index contributed by atoms with van der Waals surface area (Å²) in [5, 5.41) is 28.7. The van der Waals surface area contributed by atoms with Crippen LogP contribution in [-0.2, 0) is 0 Å². The Kier molecular flexibility index (Phi) is 4.10. The molecule has 4 atom stereocenters. The summed E-state index contributed by atoms with van der Waals surface area (Å²) in [5.74, 6) is 0. The molecule has 7 nitrogen and oxygen atoms in total. The molecule has 0 saturated carbocycles. The van der Waals surface area contributed by atoms with Crippen LogP contribution in [0.2, 0.25) is 4.82 Å². The van der Waals surface area contributed by atoms with Crippen LogP contribution in [-0.4, -0.2) is 58.6 Å². The zero-order chi connectivity index (χ0) is 13.4. The van der Waals surface area contributed by atoms with Gasteiger partial charge < -0.3 is 0 Å². The number of aromatic nitrogens is 2. The Morgan fingerprint density at radius 2 is 2.06 bits per heavy atom. The van der Waals surface area contributed by atoms with Gasteiger partial charge in [-0.3, -0.25) is 0 Å². The molecule has 9 heteroatoms. The molecule has 1 saturated heterocycles. The Morgan fingerprint density at radius 1 is 1.39 bits per heavy atom. The minimum atomic E-state index is -1.13. The molecule has 18 heavy (non-hydrogen) atoms. The van der Waals surface area contributed by atoms with E-state index in [0.717, 1.165) is 0 Å². The van der Waals surface area contributed by atoms with Gasteiger partial charge >= 0.3 is 116 Å². The number of aromatic amines is 1. The summed E-state index contributed by atoms with van der Waals surface area (Å²) in [7, 11) is 0. The molecule has 0 aliphatic carbocycles. The minimum absolute atomic E-state index is 0.173. The van der Waals surface area contributed by atoms with Crippen LogP contribution in [0.15, 0.2) is 20.3 Å². The maximum atomic E-state index is 11.7. The van der Waals surface area contributed by atoms with Gasteiger partial charge in [0.1, 0.15) is 0 Å². The summed E-state index contributed by atoms with van der Waals surface area (Å²) < 4.78 is 1.36. The summed E-state index contributed by atoms with van der Waals surface area (Å²) in [4.78, 5) is 24.0. The van der Waals surface area contributed by atoms with E-state index in [-0.39, 0.29) is 26.0 Å². The summed E-state index contributed by atoms with van der Waals surface area (Å²) in [5.41, 5.74) is -1.18. The van der Waals surface area contributed by atoms with Gasteiger partial charge in [0.2, 0.25) is 0 Å². The quantitative estimate of drug-likeness (QED) is 0.440. The van der Waals surface area contributed by atoms with Crippen molar-refractivity contribution >= 4 is 30.9 Å². The summed E-state index contributed by atoms with van der Waals surface area (Å²) in [6, 6.07) is 0. The van der Waals surface area contributed by atoms with Crippen molar-refractivity contribution in [2.24, 2.45) is 0 Å². The number of rotatable bonds is 2. The molecule has 1 unspecified atom stereocenters. The average molecular weight is 386 g/mol. The van der Waals surface area contributed by atoms with Gasteiger partial charge in [-0.2, -0.15) is 0 Å². The third-order valence-electron chi connectivity index (χ3n) is 2.72. The summed E-state index contributed by atoms with van der Waals surface area (Å²) >= 11 is 2.65. The monoisotopic (exact) mass is 386 g/mol. The second kappa shape index (κ2) is 5.28. The molecule has 100 valence electrons. The SMILES string of the molecule is O=c1[nH]c(=O)n(C2[Se][C@H](CO)[C@@H](O)[C@@H]2O)cc1Br. The van der Waals surface area contributed by atoms with Gasteiger partial charge in [-0.1, -0.05) is 0 Å². The van der Waals surface area contributed by atoms with Crippen LogP contribution in [0.5, 0.6) is 0 Å². The van der Waals surface area contributed by atoms with Crippen LogP contribution in [0.4, 0.5) is 0 Å². The fourth-order valence-corrected chi connectivity index (χ4v) is 4.97. The molecule has 0 aromatic carbocycles. The van der Waals surface area contributed by atoms with Crippen molar-refractivity contribution in [3.8, 4) is 0 Å². The van der Waals surface area contributed by atoms with Crippen LogP contribution in [0.3, 0.4) is 0 Å². The molecule has 0 amide bonds. The van der Waals surface area contributed by atoms with Crippen molar-refractivity contribution in [1.29, 1.82) is 0 Å². The van der Waals surface area contributed by atoms with Gasteiger partial charge in [0.05, 0.1) is 0 Å². The van der Waals surface area contributed by atoms with E-state index in [4.69, 9.17) is 5.11 Å². The Hall–Kier alpha value is -0.441. The molecular formula is C9H11BrN2O5Se. The van der Waals surface area contributed by atoms with E-state index in [1.54, 1.807) is 0 Å².